The molecule has 0 aliphatic rings. The Labute approximate surface area is 170 Å². The molecule has 6 nitrogen and oxygen atoms in total. The van der Waals surface area contributed by atoms with Crippen LogP contribution >= 0.6 is 0 Å². The van der Waals surface area contributed by atoms with Crippen molar-refractivity contribution in [2.75, 3.05) is 0 Å². The third-order valence-corrected chi connectivity index (χ3v) is 4.77. The second-order valence-corrected chi connectivity index (χ2v) is 6.82. The van der Waals surface area contributed by atoms with E-state index in [2.05, 4.69) is 9.97 Å². The topological polar surface area (TPSA) is 76.7 Å². The zero-order valence-corrected chi connectivity index (χ0v) is 16.2. The number of rotatable bonds is 5. The van der Waals surface area contributed by atoms with Crippen molar-refractivity contribution in [1.29, 1.82) is 0 Å². The Morgan fingerprint density at radius 2 is 1.87 bits per heavy atom. The SMILES string of the molecule is Cc1ccc2nc(C)c(-c3cncc(C(=O)O)c3)n2c1OCc1c(F)cccc1F. The summed E-state index contributed by atoms with van der Waals surface area (Å²) in [5, 5.41) is 9.29. The third kappa shape index (κ3) is 3.36. The van der Waals surface area contributed by atoms with Crippen LogP contribution in [0.25, 0.3) is 16.9 Å². The fourth-order valence-electron chi connectivity index (χ4n) is 3.33. The fourth-order valence-corrected chi connectivity index (χ4v) is 3.33. The van der Waals surface area contributed by atoms with Crippen molar-refractivity contribution in [3.8, 4) is 17.1 Å². The lowest BCUT2D eigenvalue weighted by molar-refractivity contribution is 0.0696. The first-order valence-electron chi connectivity index (χ1n) is 9.10. The van der Waals surface area contributed by atoms with E-state index in [1.807, 2.05) is 0 Å². The number of halogens is 2. The molecule has 0 aliphatic heterocycles. The number of hydrogen-bond donors (Lipinski definition) is 1. The molecule has 3 aromatic heterocycles. The number of fused-ring (bicyclic) bond motifs is 1. The first-order chi connectivity index (χ1) is 14.4. The van der Waals surface area contributed by atoms with E-state index in [-0.39, 0.29) is 17.7 Å². The third-order valence-electron chi connectivity index (χ3n) is 4.77. The summed E-state index contributed by atoms with van der Waals surface area (Å²) in [7, 11) is 0. The molecule has 0 bridgehead atoms. The number of aromatic carboxylic acids is 1. The summed E-state index contributed by atoms with van der Waals surface area (Å²) in [5.41, 5.74) is 2.89. The standard InChI is InChI=1S/C22H17F2N3O3/c1-12-6-7-19-26-13(2)20(14-8-15(22(28)29)10-25-9-14)27(19)21(12)30-11-16-17(23)4-3-5-18(16)24/h3-10H,11H2,1-2H3,(H,28,29). The second-order valence-electron chi connectivity index (χ2n) is 6.82. The highest BCUT2D eigenvalue weighted by Crippen LogP contribution is 2.31. The molecule has 0 aliphatic carbocycles. The zero-order valence-electron chi connectivity index (χ0n) is 16.2. The first-order valence-corrected chi connectivity index (χ1v) is 9.10. The molecule has 0 spiro atoms. The van der Waals surface area contributed by atoms with Crippen LogP contribution in [0.5, 0.6) is 5.88 Å². The van der Waals surface area contributed by atoms with Gasteiger partial charge in [0.2, 0.25) is 5.88 Å². The van der Waals surface area contributed by atoms with Crippen LogP contribution in [0.1, 0.15) is 27.2 Å². The number of ether oxygens (including phenoxy) is 1. The quantitative estimate of drug-likeness (QED) is 0.523. The van der Waals surface area contributed by atoms with Crippen molar-refractivity contribution < 1.29 is 23.4 Å². The summed E-state index contributed by atoms with van der Waals surface area (Å²) in [4.78, 5) is 19.9. The summed E-state index contributed by atoms with van der Waals surface area (Å²) in [5.74, 6) is -2.13. The number of aromatic nitrogens is 3. The van der Waals surface area contributed by atoms with Crippen LogP contribution in [0.15, 0.2) is 48.8 Å². The van der Waals surface area contributed by atoms with Gasteiger partial charge in [0.05, 0.1) is 22.5 Å². The number of imidazole rings is 1. The van der Waals surface area contributed by atoms with E-state index in [4.69, 9.17) is 4.74 Å². The Kier molecular flexibility index (Phi) is 4.91. The number of carbonyl (C=O) groups is 1. The van der Waals surface area contributed by atoms with Gasteiger partial charge in [-0.05, 0) is 38.1 Å². The van der Waals surface area contributed by atoms with Crippen molar-refractivity contribution in [1.82, 2.24) is 14.4 Å². The molecule has 0 saturated heterocycles. The lowest BCUT2D eigenvalue weighted by Crippen LogP contribution is -2.07. The Bertz CT molecular complexity index is 1260. The molecule has 30 heavy (non-hydrogen) atoms. The molecule has 8 heteroatoms. The number of carboxylic acid groups (broad SMARTS) is 1. The maximum Gasteiger partial charge on any atom is 0.337 e. The predicted octanol–water partition coefficient (Wildman–Crippen LogP) is 4.57. The Balaban J connectivity index is 1.86. The van der Waals surface area contributed by atoms with Gasteiger partial charge in [-0.3, -0.25) is 9.38 Å². The van der Waals surface area contributed by atoms with Crippen molar-refractivity contribution in [2.24, 2.45) is 0 Å². The minimum Gasteiger partial charge on any atom is -0.478 e. The van der Waals surface area contributed by atoms with Crippen LogP contribution in [0.3, 0.4) is 0 Å². The lowest BCUT2D eigenvalue weighted by atomic mass is 10.1. The molecular weight excluding hydrogens is 392 g/mol. The molecule has 0 atom stereocenters. The van der Waals surface area contributed by atoms with Crippen LogP contribution in [0.4, 0.5) is 8.78 Å². The van der Waals surface area contributed by atoms with Gasteiger partial charge < -0.3 is 9.84 Å². The van der Waals surface area contributed by atoms with E-state index in [0.717, 1.165) is 5.56 Å². The summed E-state index contributed by atoms with van der Waals surface area (Å²) in [6.07, 6.45) is 2.79. The molecule has 1 N–H and O–H groups in total. The molecule has 4 rings (SSSR count). The van der Waals surface area contributed by atoms with Gasteiger partial charge in [0.1, 0.15) is 23.9 Å². The number of pyridine rings is 2. The highest BCUT2D eigenvalue weighted by atomic mass is 19.1. The van der Waals surface area contributed by atoms with E-state index in [1.165, 1.54) is 36.7 Å². The Morgan fingerprint density at radius 1 is 1.13 bits per heavy atom. The predicted molar refractivity (Wildman–Crippen MR) is 106 cm³/mol. The van der Waals surface area contributed by atoms with Crippen LogP contribution in [0, 0.1) is 25.5 Å². The number of hydrogen-bond acceptors (Lipinski definition) is 4. The molecule has 0 radical (unpaired) electrons. The monoisotopic (exact) mass is 409 g/mol. The van der Waals surface area contributed by atoms with E-state index < -0.39 is 17.6 Å². The maximum atomic E-state index is 14.0. The van der Waals surface area contributed by atoms with Crippen LogP contribution in [0.2, 0.25) is 0 Å². The maximum absolute atomic E-state index is 14.0. The molecule has 3 heterocycles. The average molecular weight is 409 g/mol. The van der Waals surface area contributed by atoms with Crippen molar-refractivity contribution in [2.45, 2.75) is 20.5 Å². The normalized spacial score (nSPS) is 11.1. The molecule has 0 saturated carbocycles. The largest absolute Gasteiger partial charge is 0.478 e. The van der Waals surface area contributed by atoms with Crippen LogP contribution in [-0.2, 0) is 6.61 Å². The van der Waals surface area contributed by atoms with Gasteiger partial charge in [-0.15, -0.1) is 0 Å². The number of aryl methyl sites for hydroxylation is 2. The second kappa shape index (κ2) is 7.55. The van der Waals surface area contributed by atoms with E-state index in [9.17, 15) is 18.7 Å². The van der Waals surface area contributed by atoms with Gasteiger partial charge in [0.15, 0.2) is 0 Å². The minimum absolute atomic E-state index is 0.0328. The van der Waals surface area contributed by atoms with Gasteiger partial charge in [0.25, 0.3) is 0 Å². The molecule has 1 aromatic carbocycles. The van der Waals surface area contributed by atoms with Crippen molar-refractivity contribution in [3.05, 3.63) is 82.8 Å². The number of benzene rings is 1. The number of carboxylic acids is 1. The van der Waals surface area contributed by atoms with E-state index in [0.29, 0.717) is 28.5 Å². The summed E-state index contributed by atoms with van der Waals surface area (Å²) >= 11 is 0. The highest BCUT2D eigenvalue weighted by molar-refractivity contribution is 5.89. The highest BCUT2D eigenvalue weighted by Gasteiger charge is 2.19. The van der Waals surface area contributed by atoms with Crippen LogP contribution in [-0.4, -0.2) is 25.4 Å². The summed E-state index contributed by atoms with van der Waals surface area (Å²) in [6.45, 7) is 3.27. The minimum atomic E-state index is -1.10. The summed E-state index contributed by atoms with van der Waals surface area (Å²) < 4.78 is 35.6. The summed E-state index contributed by atoms with van der Waals surface area (Å²) in [6, 6.07) is 8.71. The molecule has 152 valence electrons. The van der Waals surface area contributed by atoms with E-state index in [1.54, 1.807) is 30.4 Å². The molecule has 0 fully saturated rings. The van der Waals surface area contributed by atoms with Crippen molar-refractivity contribution in [3.63, 3.8) is 0 Å². The Morgan fingerprint density at radius 3 is 2.57 bits per heavy atom. The zero-order chi connectivity index (χ0) is 21.4. The van der Waals surface area contributed by atoms with Gasteiger partial charge in [-0.2, -0.15) is 0 Å². The van der Waals surface area contributed by atoms with Gasteiger partial charge in [-0.25, -0.2) is 18.6 Å². The number of nitrogens with zero attached hydrogens (tertiary/aromatic N) is 3. The molecule has 0 amide bonds. The molecule has 4 aromatic rings. The van der Waals surface area contributed by atoms with Crippen molar-refractivity contribution >= 4 is 11.6 Å². The smallest absolute Gasteiger partial charge is 0.337 e. The van der Waals surface area contributed by atoms with Gasteiger partial charge >= 0.3 is 5.97 Å². The van der Waals surface area contributed by atoms with Gasteiger partial charge in [0, 0.05) is 23.5 Å². The lowest BCUT2D eigenvalue weighted by Gasteiger charge is -2.14. The fraction of sp³-hybridized carbons (Fsp3) is 0.136. The van der Waals surface area contributed by atoms with E-state index >= 15 is 0 Å². The average Bonchev–Trinajstić information content (AvgIpc) is 3.05. The Hall–Kier alpha value is -3.81. The molecular formula is C22H17F2N3O3. The first kappa shape index (κ1) is 19.5. The van der Waals surface area contributed by atoms with Crippen LogP contribution < -0.4 is 4.74 Å². The molecule has 0 unspecified atom stereocenters. The van der Waals surface area contributed by atoms with Gasteiger partial charge in [-0.1, -0.05) is 12.1 Å².